The summed E-state index contributed by atoms with van der Waals surface area (Å²) >= 11 is 0. The first-order valence-corrected chi connectivity index (χ1v) is 9.54. The third kappa shape index (κ3) is 3.78. The molecule has 1 aliphatic carbocycles. The Bertz CT molecular complexity index is 1040. The summed E-state index contributed by atoms with van der Waals surface area (Å²) in [5.41, 5.74) is 10.1. The van der Waals surface area contributed by atoms with Gasteiger partial charge in [0.15, 0.2) is 0 Å². The maximum atomic E-state index is 13.8. The number of carboxylic acid groups (broad SMARTS) is 1. The fourth-order valence-corrected chi connectivity index (χ4v) is 4.06. The molecule has 3 N–H and O–H groups in total. The number of benzene rings is 2. The van der Waals surface area contributed by atoms with Gasteiger partial charge in [0.05, 0.1) is 17.8 Å². The molecule has 0 bridgehead atoms. The molecule has 7 heteroatoms. The van der Waals surface area contributed by atoms with Crippen molar-refractivity contribution in [3.8, 4) is 11.3 Å². The molecule has 1 aliphatic rings. The number of hydrogen-bond donors (Lipinski definition) is 2. The first-order chi connectivity index (χ1) is 14.0. The average Bonchev–Trinajstić information content (AvgIpc) is 3.06. The molecule has 5 nitrogen and oxygen atoms in total. The van der Waals surface area contributed by atoms with Crippen LogP contribution in [0.1, 0.15) is 45.9 Å². The molecule has 0 saturated heterocycles. The fourth-order valence-electron chi connectivity index (χ4n) is 4.06. The van der Waals surface area contributed by atoms with Gasteiger partial charge >= 0.3 is 5.97 Å². The van der Waals surface area contributed by atoms with Gasteiger partial charge in [-0.1, -0.05) is 12.1 Å². The normalized spacial score (nSPS) is 15.9. The molecule has 1 aromatic heterocycles. The molecule has 0 saturated carbocycles. The maximum Gasteiger partial charge on any atom is 0.335 e. The molecule has 1 heterocycles. The highest BCUT2D eigenvalue weighted by Gasteiger charge is 2.29. The lowest BCUT2D eigenvalue weighted by Gasteiger charge is -2.23. The van der Waals surface area contributed by atoms with Crippen LogP contribution < -0.4 is 5.73 Å². The zero-order valence-corrected chi connectivity index (χ0v) is 15.7. The van der Waals surface area contributed by atoms with Crippen molar-refractivity contribution in [3.63, 3.8) is 0 Å². The Kier molecular flexibility index (Phi) is 5.15. The molecule has 0 aliphatic heterocycles. The first-order valence-electron chi connectivity index (χ1n) is 9.54. The Hall–Kier alpha value is -3.06. The van der Waals surface area contributed by atoms with E-state index in [2.05, 4.69) is 0 Å². The van der Waals surface area contributed by atoms with Gasteiger partial charge < -0.3 is 10.8 Å². The Balaban J connectivity index is 1.78. The Morgan fingerprint density at radius 1 is 1.17 bits per heavy atom. The van der Waals surface area contributed by atoms with Crippen molar-refractivity contribution in [2.24, 2.45) is 5.73 Å². The van der Waals surface area contributed by atoms with Gasteiger partial charge in [-0.2, -0.15) is 5.10 Å². The Morgan fingerprint density at radius 3 is 2.48 bits per heavy atom. The van der Waals surface area contributed by atoms with E-state index in [-0.39, 0.29) is 11.5 Å². The minimum absolute atomic E-state index is 0.0863. The summed E-state index contributed by atoms with van der Waals surface area (Å²) in [5.74, 6) is -2.18. The maximum absolute atomic E-state index is 13.8. The van der Waals surface area contributed by atoms with E-state index >= 15 is 0 Å². The monoisotopic (exact) mass is 397 g/mol. The van der Waals surface area contributed by atoms with Gasteiger partial charge in [-0.25, -0.2) is 13.6 Å². The number of aromatic nitrogens is 2. The summed E-state index contributed by atoms with van der Waals surface area (Å²) in [6, 6.07) is 10.0. The first kappa shape index (κ1) is 19.3. The van der Waals surface area contributed by atoms with Crippen molar-refractivity contribution in [2.75, 3.05) is 6.54 Å². The van der Waals surface area contributed by atoms with E-state index in [1.165, 1.54) is 12.1 Å². The largest absolute Gasteiger partial charge is 0.478 e. The zero-order chi connectivity index (χ0) is 20.5. The summed E-state index contributed by atoms with van der Waals surface area (Å²) in [5, 5.41) is 13.8. The number of rotatable bonds is 5. The number of hydrogen-bond acceptors (Lipinski definition) is 3. The summed E-state index contributed by atoms with van der Waals surface area (Å²) in [4.78, 5) is 11.1. The van der Waals surface area contributed by atoms with Crippen molar-refractivity contribution in [3.05, 3.63) is 76.5 Å². The molecule has 0 spiro atoms. The van der Waals surface area contributed by atoms with Gasteiger partial charge in [0.2, 0.25) is 0 Å². The highest BCUT2D eigenvalue weighted by atomic mass is 19.1. The summed E-state index contributed by atoms with van der Waals surface area (Å²) in [7, 11) is 0. The standard InChI is InChI=1S/C22H21F2N3O2/c23-17-8-16(9-18(24)10-17)21-20-15(11-25)2-1-3-19(20)27(26-21)12-13-4-6-14(7-5-13)22(28)29/h4-10,15H,1-3,11-12,25H2,(H,28,29). The number of carboxylic acids is 1. The predicted octanol–water partition coefficient (Wildman–Crippen LogP) is 3.95. The number of nitrogens with two attached hydrogens (primary N) is 1. The van der Waals surface area contributed by atoms with Crippen molar-refractivity contribution >= 4 is 5.97 Å². The molecule has 1 atom stereocenters. The molecule has 29 heavy (non-hydrogen) atoms. The lowest BCUT2D eigenvalue weighted by molar-refractivity contribution is 0.0697. The van der Waals surface area contributed by atoms with Gasteiger partial charge in [0, 0.05) is 28.8 Å². The van der Waals surface area contributed by atoms with Crippen LogP contribution >= 0.6 is 0 Å². The number of fused-ring (bicyclic) bond motifs is 1. The molecule has 1 unspecified atom stereocenters. The van der Waals surface area contributed by atoms with E-state index in [1.807, 2.05) is 4.68 Å². The predicted molar refractivity (Wildman–Crippen MR) is 105 cm³/mol. The highest BCUT2D eigenvalue weighted by molar-refractivity contribution is 5.87. The fraction of sp³-hybridized carbons (Fsp3) is 0.273. The number of nitrogens with zero attached hydrogens (tertiary/aromatic N) is 2. The van der Waals surface area contributed by atoms with Gasteiger partial charge in [0.25, 0.3) is 0 Å². The van der Waals surface area contributed by atoms with E-state index < -0.39 is 17.6 Å². The molecule has 150 valence electrons. The van der Waals surface area contributed by atoms with Crippen LogP contribution in [0.2, 0.25) is 0 Å². The second-order valence-corrected chi connectivity index (χ2v) is 7.35. The van der Waals surface area contributed by atoms with E-state index in [0.717, 1.165) is 42.1 Å². The third-order valence-electron chi connectivity index (χ3n) is 5.43. The quantitative estimate of drug-likeness (QED) is 0.683. The SMILES string of the molecule is NCC1CCCc2c1c(-c1cc(F)cc(F)c1)nn2Cc1ccc(C(=O)O)cc1. The van der Waals surface area contributed by atoms with E-state index in [9.17, 15) is 13.6 Å². The molecule has 0 radical (unpaired) electrons. The van der Waals surface area contributed by atoms with Crippen LogP contribution in [-0.4, -0.2) is 27.4 Å². The molecule has 0 fully saturated rings. The Morgan fingerprint density at radius 2 is 1.86 bits per heavy atom. The van der Waals surface area contributed by atoms with Gasteiger partial charge in [-0.15, -0.1) is 0 Å². The molecular formula is C22H21F2N3O2. The average molecular weight is 397 g/mol. The van der Waals surface area contributed by atoms with Gasteiger partial charge in [-0.05, 0) is 55.6 Å². The molecule has 2 aromatic carbocycles. The lowest BCUT2D eigenvalue weighted by atomic mass is 9.84. The van der Waals surface area contributed by atoms with Crippen LogP contribution in [0, 0.1) is 11.6 Å². The minimum Gasteiger partial charge on any atom is -0.478 e. The van der Waals surface area contributed by atoms with Crippen LogP contribution in [0.4, 0.5) is 8.78 Å². The van der Waals surface area contributed by atoms with Gasteiger partial charge in [0.1, 0.15) is 11.6 Å². The van der Waals surface area contributed by atoms with Crippen LogP contribution in [0.25, 0.3) is 11.3 Å². The summed E-state index contributed by atoms with van der Waals surface area (Å²) in [6.07, 6.45) is 2.69. The second-order valence-electron chi connectivity index (χ2n) is 7.35. The zero-order valence-electron chi connectivity index (χ0n) is 15.7. The van der Waals surface area contributed by atoms with E-state index in [0.29, 0.717) is 24.3 Å². The molecule has 4 rings (SSSR count). The van der Waals surface area contributed by atoms with Crippen LogP contribution in [0.3, 0.4) is 0 Å². The highest BCUT2D eigenvalue weighted by Crippen LogP contribution is 2.38. The van der Waals surface area contributed by atoms with Gasteiger partial charge in [-0.3, -0.25) is 4.68 Å². The molecular weight excluding hydrogens is 376 g/mol. The van der Waals surface area contributed by atoms with Crippen molar-refractivity contribution < 1.29 is 18.7 Å². The van der Waals surface area contributed by atoms with Crippen LogP contribution in [-0.2, 0) is 13.0 Å². The number of halogens is 2. The number of carbonyl (C=O) groups is 1. The van der Waals surface area contributed by atoms with Crippen LogP contribution in [0.5, 0.6) is 0 Å². The smallest absolute Gasteiger partial charge is 0.335 e. The second kappa shape index (κ2) is 7.75. The van der Waals surface area contributed by atoms with Crippen LogP contribution in [0.15, 0.2) is 42.5 Å². The third-order valence-corrected chi connectivity index (χ3v) is 5.43. The molecule has 0 amide bonds. The lowest BCUT2D eigenvalue weighted by Crippen LogP contribution is -2.19. The van der Waals surface area contributed by atoms with E-state index in [4.69, 9.17) is 15.9 Å². The Labute approximate surface area is 166 Å². The van der Waals surface area contributed by atoms with Crippen molar-refractivity contribution in [1.82, 2.24) is 9.78 Å². The topological polar surface area (TPSA) is 81.1 Å². The summed E-state index contributed by atoms with van der Waals surface area (Å²) < 4.78 is 29.5. The number of aromatic carboxylic acids is 1. The minimum atomic E-state index is -0.978. The van der Waals surface area contributed by atoms with E-state index in [1.54, 1.807) is 24.3 Å². The van der Waals surface area contributed by atoms with Crippen molar-refractivity contribution in [2.45, 2.75) is 31.7 Å². The molecule has 3 aromatic rings. The summed E-state index contributed by atoms with van der Waals surface area (Å²) in [6.45, 7) is 0.883. The van der Waals surface area contributed by atoms with Crippen molar-refractivity contribution in [1.29, 1.82) is 0 Å².